The normalized spacial score (nSPS) is 21.1. The Kier molecular flexibility index (Phi) is 5.40. The Morgan fingerprint density at radius 1 is 1.11 bits per heavy atom. The Bertz CT molecular complexity index is 391. The van der Waals surface area contributed by atoms with Crippen LogP contribution in [0.5, 0.6) is 0 Å². The number of aryl methyl sites for hydroxylation is 2. The summed E-state index contributed by atoms with van der Waals surface area (Å²) in [7, 11) is 0. The summed E-state index contributed by atoms with van der Waals surface area (Å²) in [4.78, 5) is 6.05. The molecule has 1 unspecified atom stereocenters. The van der Waals surface area contributed by atoms with E-state index in [1.165, 1.54) is 54.1 Å². The fraction of sp³-hybridized carbons (Fsp3) is 0.812. The van der Waals surface area contributed by atoms with Crippen LogP contribution in [0.2, 0.25) is 0 Å². The van der Waals surface area contributed by atoms with Crippen LogP contribution in [0, 0.1) is 19.8 Å². The first kappa shape index (κ1) is 15.0. The van der Waals surface area contributed by atoms with Crippen LogP contribution >= 0.6 is 11.3 Å². The van der Waals surface area contributed by atoms with Gasteiger partial charge in [-0.25, -0.2) is 4.98 Å². The third-order valence-corrected chi connectivity index (χ3v) is 5.37. The molecule has 2 atom stereocenters. The van der Waals surface area contributed by atoms with E-state index in [0.29, 0.717) is 12.1 Å². The molecular weight excluding hydrogens is 252 g/mol. The Morgan fingerprint density at radius 2 is 1.74 bits per heavy atom. The van der Waals surface area contributed by atoms with Gasteiger partial charge in [0.25, 0.3) is 0 Å². The summed E-state index contributed by atoms with van der Waals surface area (Å²) in [6.45, 7) is 8.91. The standard InChI is InChI=1S/C16H28N2S/c1-11(15-9-7-5-6-8-10-15)17-12(2)16-13(3)19-14(4)18-16/h11-12,15,17H,5-10H2,1-4H3/t11-,12?/m0/s1. The van der Waals surface area contributed by atoms with Crippen molar-refractivity contribution in [2.75, 3.05) is 0 Å². The van der Waals surface area contributed by atoms with Crippen LogP contribution in [-0.4, -0.2) is 11.0 Å². The van der Waals surface area contributed by atoms with Gasteiger partial charge in [0.15, 0.2) is 0 Å². The predicted octanol–water partition coefficient (Wildman–Crippen LogP) is 4.77. The number of aromatic nitrogens is 1. The molecule has 0 bridgehead atoms. The molecule has 1 aliphatic carbocycles. The van der Waals surface area contributed by atoms with E-state index in [1.807, 2.05) is 11.3 Å². The van der Waals surface area contributed by atoms with Gasteiger partial charge >= 0.3 is 0 Å². The lowest BCUT2D eigenvalue weighted by atomic mass is 9.92. The molecule has 1 saturated carbocycles. The number of nitrogens with one attached hydrogen (secondary N) is 1. The minimum absolute atomic E-state index is 0.378. The Balaban J connectivity index is 1.93. The van der Waals surface area contributed by atoms with Gasteiger partial charge in [0.2, 0.25) is 0 Å². The first-order valence-electron chi connectivity index (χ1n) is 7.78. The van der Waals surface area contributed by atoms with Crippen LogP contribution in [0.15, 0.2) is 0 Å². The van der Waals surface area contributed by atoms with E-state index in [2.05, 4.69) is 38.0 Å². The Labute approximate surface area is 122 Å². The average Bonchev–Trinajstić information content (AvgIpc) is 2.58. The molecule has 0 saturated heterocycles. The van der Waals surface area contributed by atoms with Gasteiger partial charge in [-0.1, -0.05) is 25.7 Å². The molecule has 1 aromatic heterocycles. The van der Waals surface area contributed by atoms with Crippen LogP contribution in [-0.2, 0) is 0 Å². The summed E-state index contributed by atoms with van der Waals surface area (Å²) in [6.07, 6.45) is 8.50. The monoisotopic (exact) mass is 280 g/mol. The maximum Gasteiger partial charge on any atom is 0.0900 e. The highest BCUT2D eigenvalue weighted by Crippen LogP contribution is 2.28. The van der Waals surface area contributed by atoms with E-state index >= 15 is 0 Å². The molecule has 1 aromatic rings. The maximum atomic E-state index is 4.68. The molecule has 1 fully saturated rings. The van der Waals surface area contributed by atoms with Gasteiger partial charge in [-0.2, -0.15) is 0 Å². The van der Waals surface area contributed by atoms with Gasteiger partial charge in [0.1, 0.15) is 0 Å². The predicted molar refractivity (Wildman–Crippen MR) is 83.8 cm³/mol. The molecule has 19 heavy (non-hydrogen) atoms. The van der Waals surface area contributed by atoms with E-state index in [0.717, 1.165) is 5.92 Å². The topological polar surface area (TPSA) is 24.9 Å². The summed E-state index contributed by atoms with van der Waals surface area (Å²) in [5.74, 6) is 0.852. The molecule has 0 amide bonds. The van der Waals surface area contributed by atoms with E-state index in [1.54, 1.807) is 0 Å². The molecule has 2 nitrogen and oxygen atoms in total. The number of hydrogen-bond acceptors (Lipinski definition) is 3. The van der Waals surface area contributed by atoms with Gasteiger partial charge in [-0.3, -0.25) is 0 Å². The zero-order valence-electron chi connectivity index (χ0n) is 12.8. The molecular formula is C16H28N2S. The first-order valence-corrected chi connectivity index (χ1v) is 8.59. The Morgan fingerprint density at radius 3 is 2.26 bits per heavy atom. The minimum Gasteiger partial charge on any atom is -0.306 e. The number of nitrogens with zero attached hydrogens (tertiary/aromatic N) is 1. The van der Waals surface area contributed by atoms with Crippen molar-refractivity contribution in [2.24, 2.45) is 5.92 Å². The molecule has 1 heterocycles. The van der Waals surface area contributed by atoms with Crippen LogP contribution in [0.4, 0.5) is 0 Å². The third-order valence-electron chi connectivity index (χ3n) is 4.47. The highest BCUT2D eigenvalue weighted by atomic mass is 32.1. The quantitative estimate of drug-likeness (QED) is 0.804. The van der Waals surface area contributed by atoms with Crippen molar-refractivity contribution >= 4 is 11.3 Å². The number of hydrogen-bond donors (Lipinski definition) is 1. The van der Waals surface area contributed by atoms with Crippen molar-refractivity contribution in [3.63, 3.8) is 0 Å². The molecule has 0 aromatic carbocycles. The summed E-state index contributed by atoms with van der Waals surface area (Å²) >= 11 is 1.81. The smallest absolute Gasteiger partial charge is 0.0900 e. The van der Waals surface area contributed by atoms with Crippen molar-refractivity contribution in [2.45, 2.75) is 78.3 Å². The van der Waals surface area contributed by atoms with Crippen molar-refractivity contribution in [3.05, 3.63) is 15.6 Å². The largest absolute Gasteiger partial charge is 0.306 e. The lowest BCUT2D eigenvalue weighted by Crippen LogP contribution is -2.35. The molecule has 0 aliphatic heterocycles. The van der Waals surface area contributed by atoms with Crippen molar-refractivity contribution in [1.82, 2.24) is 10.3 Å². The molecule has 3 heteroatoms. The van der Waals surface area contributed by atoms with Crippen LogP contribution in [0.3, 0.4) is 0 Å². The van der Waals surface area contributed by atoms with Crippen molar-refractivity contribution in [1.29, 1.82) is 0 Å². The van der Waals surface area contributed by atoms with Gasteiger partial charge in [0.05, 0.1) is 10.7 Å². The highest BCUT2D eigenvalue weighted by Gasteiger charge is 2.22. The second-order valence-corrected chi connectivity index (χ2v) is 7.51. The number of thiazole rings is 1. The van der Waals surface area contributed by atoms with Crippen LogP contribution in [0.1, 0.15) is 74.0 Å². The lowest BCUT2D eigenvalue weighted by Gasteiger charge is -2.27. The van der Waals surface area contributed by atoms with E-state index in [-0.39, 0.29) is 0 Å². The highest BCUT2D eigenvalue weighted by molar-refractivity contribution is 7.11. The fourth-order valence-electron chi connectivity index (χ4n) is 3.37. The number of rotatable bonds is 4. The van der Waals surface area contributed by atoms with Gasteiger partial charge in [-0.15, -0.1) is 11.3 Å². The van der Waals surface area contributed by atoms with E-state index in [4.69, 9.17) is 0 Å². The zero-order valence-corrected chi connectivity index (χ0v) is 13.6. The lowest BCUT2D eigenvalue weighted by molar-refractivity contribution is 0.314. The molecule has 0 radical (unpaired) electrons. The Hall–Kier alpha value is -0.410. The first-order chi connectivity index (χ1) is 9.08. The molecule has 2 rings (SSSR count). The summed E-state index contributed by atoms with van der Waals surface area (Å²) < 4.78 is 0. The van der Waals surface area contributed by atoms with Gasteiger partial charge in [-0.05, 0) is 46.5 Å². The summed E-state index contributed by atoms with van der Waals surface area (Å²) in [5, 5.41) is 4.98. The summed E-state index contributed by atoms with van der Waals surface area (Å²) in [5.41, 5.74) is 1.25. The maximum absolute atomic E-state index is 4.68. The molecule has 1 aliphatic rings. The van der Waals surface area contributed by atoms with Crippen molar-refractivity contribution < 1.29 is 0 Å². The van der Waals surface area contributed by atoms with E-state index < -0.39 is 0 Å². The SMILES string of the molecule is Cc1nc(C(C)N[C@@H](C)C2CCCCCC2)c(C)s1. The van der Waals surface area contributed by atoms with Gasteiger partial charge in [0, 0.05) is 17.0 Å². The van der Waals surface area contributed by atoms with Crippen molar-refractivity contribution in [3.8, 4) is 0 Å². The molecule has 108 valence electrons. The summed E-state index contributed by atoms with van der Waals surface area (Å²) in [6, 6.07) is 0.984. The van der Waals surface area contributed by atoms with E-state index in [9.17, 15) is 0 Å². The molecule has 1 N–H and O–H groups in total. The fourth-order valence-corrected chi connectivity index (χ4v) is 4.28. The second kappa shape index (κ2) is 6.85. The zero-order chi connectivity index (χ0) is 13.8. The average molecular weight is 280 g/mol. The van der Waals surface area contributed by atoms with Gasteiger partial charge < -0.3 is 5.32 Å². The third kappa shape index (κ3) is 4.03. The minimum atomic E-state index is 0.378. The van der Waals surface area contributed by atoms with Crippen LogP contribution < -0.4 is 5.32 Å². The van der Waals surface area contributed by atoms with Crippen LogP contribution in [0.25, 0.3) is 0 Å². The second-order valence-electron chi connectivity index (χ2n) is 6.10. The molecule has 0 spiro atoms.